The van der Waals surface area contributed by atoms with Crippen molar-refractivity contribution in [1.29, 1.82) is 0 Å². The zero-order valence-corrected chi connectivity index (χ0v) is 19.0. The van der Waals surface area contributed by atoms with Gasteiger partial charge >= 0.3 is 0 Å². The second-order valence-electron chi connectivity index (χ2n) is 8.03. The summed E-state index contributed by atoms with van der Waals surface area (Å²) in [5.74, 6) is -0.614. The van der Waals surface area contributed by atoms with Crippen molar-refractivity contribution in [3.05, 3.63) is 87.3 Å². The summed E-state index contributed by atoms with van der Waals surface area (Å²) in [6.45, 7) is 1.86. The minimum Gasteiger partial charge on any atom is -0.351 e. The summed E-state index contributed by atoms with van der Waals surface area (Å²) in [4.78, 5) is 4.87. The van der Waals surface area contributed by atoms with Crippen molar-refractivity contribution in [3.63, 3.8) is 0 Å². The second kappa shape index (κ2) is 8.26. The third kappa shape index (κ3) is 4.12. The lowest BCUT2D eigenvalue weighted by atomic mass is 10.00. The van der Waals surface area contributed by atoms with Crippen LogP contribution in [0.1, 0.15) is 22.3 Å². The lowest BCUT2D eigenvalue weighted by Gasteiger charge is -2.32. The normalized spacial score (nSPS) is 20.1. The van der Waals surface area contributed by atoms with Crippen LogP contribution in [-0.4, -0.2) is 22.2 Å². The summed E-state index contributed by atoms with van der Waals surface area (Å²) in [5, 5.41) is 15.4. The molecule has 0 saturated carbocycles. The van der Waals surface area contributed by atoms with E-state index in [1.165, 1.54) is 11.1 Å². The lowest BCUT2D eigenvalue weighted by molar-refractivity contribution is 0.412. The van der Waals surface area contributed by atoms with E-state index in [2.05, 4.69) is 39.2 Å². The van der Waals surface area contributed by atoms with Gasteiger partial charge in [-0.15, -0.1) is 0 Å². The van der Waals surface area contributed by atoms with Gasteiger partial charge in [-0.1, -0.05) is 29.3 Å². The molecule has 9 heteroatoms. The highest BCUT2D eigenvalue weighted by molar-refractivity contribution is 6.34. The Morgan fingerprint density at radius 1 is 1.12 bits per heavy atom. The first-order valence-electron chi connectivity index (χ1n) is 10.3. The number of nitrogens with two attached hydrogens (primary N) is 1. The van der Waals surface area contributed by atoms with Gasteiger partial charge in [-0.25, -0.2) is 4.99 Å². The van der Waals surface area contributed by atoms with E-state index >= 15 is 0 Å². The molecule has 0 fully saturated rings. The highest BCUT2D eigenvalue weighted by Crippen LogP contribution is 2.31. The number of hydrogen-bond donors (Lipinski definition) is 4. The molecule has 0 spiro atoms. The van der Waals surface area contributed by atoms with Crippen LogP contribution in [0.15, 0.2) is 60.0 Å². The van der Waals surface area contributed by atoms with Crippen molar-refractivity contribution in [2.45, 2.75) is 18.8 Å². The number of hydrogen-bond acceptors (Lipinski definition) is 6. The van der Waals surface area contributed by atoms with Gasteiger partial charge in [-0.05, 0) is 54.4 Å². The fourth-order valence-electron chi connectivity index (χ4n) is 4.01. The number of amidine groups is 1. The molecular weight excluding hydrogens is 445 g/mol. The molecule has 2 aliphatic heterocycles. The number of aryl methyl sites for hydroxylation is 1. The molecule has 0 radical (unpaired) electrons. The Kier molecular flexibility index (Phi) is 5.43. The Hall–Kier alpha value is -2.84. The van der Waals surface area contributed by atoms with Crippen LogP contribution >= 0.6 is 23.2 Å². The molecule has 164 valence electrons. The second-order valence-corrected chi connectivity index (χ2v) is 8.90. The SMILES string of the molecule is Cn1cc(C2=CNC(N)(c3cc(Cl)cc(Cl)c3)N=C2Nc2ccc3c(c2)CNCC3)cn1. The number of rotatable bonds is 3. The third-order valence-electron chi connectivity index (χ3n) is 5.65. The topological polar surface area (TPSA) is 92.3 Å². The largest absolute Gasteiger partial charge is 0.351 e. The summed E-state index contributed by atoms with van der Waals surface area (Å²) in [6.07, 6.45) is 6.60. The van der Waals surface area contributed by atoms with E-state index < -0.39 is 5.79 Å². The van der Waals surface area contributed by atoms with Crippen LogP contribution in [-0.2, 0) is 25.8 Å². The Morgan fingerprint density at radius 3 is 2.69 bits per heavy atom. The average Bonchev–Trinajstić information content (AvgIpc) is 3.19. The first-order valence-corrected chi connectivity index (χ1v) is 11.1. The van der Waals surface area contributed by atoms with E-state index in [0.29, 0.717) is 21.4 Å². The average molecular weight is 468 g/mol. The number of nitrogens with zero attached hydrogens (tertiary/aromatic N) is 3. The maximum absolute atomic E-state index is 6.69. The molecule has 2 aromatic carbocycles. The first kappa shape index (κ1) is 21.0. The maximum atomic E-state index is 6.69. The molecule has 7 nitrogen and oxygen atoms in total. The lowest BCUT2D eigenvalue weighted by Crippen LogP contribution is -2.50. The molecule has 1 atom stereocenters. The molecule has 1 aromatic heterocycles. The van der Waals surface area contributed by atoms with Gasteiger partial charge in [0, 0.05) is 58.4 Å². The summed E-state index contributed by atoms with van der Waals surface area (Å²) < 4.78 is 1.75. The smallest absolute Gasteiger partial charge is 0.211 e. The van der Waals surface area contributed by atoms with Crippen LogP contribution in [0.2, 0.25) is 10.0 Å². The Morgan fingerprint density at radius 2 is 1.94 bits per heavy atom. The number of aromatic nitrogens is 2. The number of anilines is 1. The van der Waals surface area contributed by atoms with Gasteiger partial charge in [-0.3, -0.25) is 10.4 Å². The standard InChI is InChI=1S/C23H23Cl2N7/c1-32-13-16(11-29-32)21-12-28-23(26,17-7-18(24)9-19(25)8-17)31-22(21)30-20-3-2-14-4-5-27-10-15(14)6-20/h2-3,6-9,11-13,27-28H,4-5,10,26H2,1H3,(H,30,31). The number of aliphatic imine (C=N–C) groups is 1. The van der Waals surface area contributed by atoms with Gasteiger partial charge in [0.25, 0.3) is 0 Å². The Bertz CT molecular complexity index is 1230. The molecule has 0 bridgehead atoms. The predicted octanol–water partition coefficient (Wildman–Crippen LogP) is 3.60. The number of nitrogens with one attached hydrogen (secondary N) is 3. The van der Waals surface area contributed by atoms with E-state index in [9.17, 15) is 0 Å². The number of halogens is 2. The Balaban J connectivity index is 1.55. The molecule has 32 heavy (non-hydrogen) atoms. The molecule has 5 N–H and O–H groups in total. The monoisotopic (exact) mass is 467 g/mol. The van der Waals surface area contributed by atoms with Gasteiger partial charge in [0.15, 0.2) is 0 Å². The molecule has 5 rings (SSSR count). The van der Waals surface area contributed by atoms with Crippen LogP contribution < -0.4 is 21.7 Å². The van der Waals surface area contributed by atoms with Crippen LogP contribution in [0.5, 0.6) is 0 Å². The Labute approximate surface area is 196 Å². The summed E-state index contributed by atoms with van der Waals surface area (Å²) in [5.41, 5.74) is 12.7. The van der Waals surface area contributed by atoms with E-state index in [0.717, 1.165) is 36.3 Å². The van der Waals surface area contributed by atoms with Crippen LogP contribution in [0.25, 0.3) is 5.57 Å². The zero-order valence-electron chi connectivity index (χ0n) is 17.5. The van der Waals surface area contributed by atoms with Crippen molar-refractivity contribution in [2.75, 3.05) is 11.9 Å². The molecule has 3 aromatic rings. The van der Waals surface area contributed by atoms with E-state index in [1.54, 1.807) is 29.1 Å². The minimum absolute atomic E-state index is 0.494. The van der Waals surface area contributed by atoms with Gasteiger partial charge in [0.05, 0.1) is 6.20 Å². The van der Waals surface area contributed by atoms with Crippen molar-refractivity contribution in [1.82, 2.24) is 20.4 Å². The minimum atomic E-state index is -1.24. The van der Waals surface area contributed by atoms with Crippen molar-refractivity contribution in [3.8, 4) is 0 Å². The van der Waals surface area contributed by atoms with E-state index in [-0.39, 0.29) is 0 Å². The van der Waals surface area contributed by atoms with Gasteiger partial charge in [0.2, 0.25) is 5.79 Å². The summed E-state index contributed by atoms with van der Waals surface area (Å²) in [6, 6.07) is 11.6. The van der Waals surface area contributed by atoms with Crippen LogP contribution in [0.4, 0.5) is 5.69 Å². The van der Waals surface area contributed by atoms with Crippen molar-refractivity contribution >= 4 is 40.3 Å². The van der Waals surface area contributed by atoms with Gasteiger partial charge < -0.3 is 16.0 Å². The van der Waals surface area contributed by atoms with E-state index in [4.69, 9.17) is 33.9 Å². The zero-order chi connectivity index (χ0) is 22.3. The summed E-state index contributed by atoms with van der Waals surface area (Å²) >= 11 is 12.5. The van der Waals surface area contributed by atoms with Crippen molar-refractivity contribution < 1.29 is 0 Å². The van der Waals surface area contributed by atoms with Crippen molar-refractivity contribution in [2.24, 2.45) is 17.8 Å². The van der Waals surface area contributed by atoms with Gasteiger partial charge in [0.1, 0.15) is 5.84 Å². The molecule has 3 heterocycles. The fourth-order valence-corrected chi connectivity index (χ4v) is 4.54. The number of benzene rings is 2. The van der Waals surface area contributed by atoms with Crippen LogP contribution in [0, 0.1) is 0 Å². The highest BCUT2D eigenvalue weighted by atomic mass is 35.5. The quantitative estimate of drug-likeness (QED) is 0.472. The molecule has 0 amide bonds. The van der Waals surface area contributed by atoms with Crippen LogP contribution in [0.3, 0.4) is 0 Å². The molecule has 0 saturated heterocycles. The molecular formula is C23H23Cl2N7. The fraction of sp³-hybridized carbons (Fsp3) is 0.217. The molecule has 1 unspecified atom stereocenters. The van der Waals surface area contributed by atoms with E-state index in [1.807, 2.05) is 19.4 Å². The van der Waals surface area contributed by atoms with Gasteiger partial charge in [-0.2, -0.15) is 5.10 Å². The summed E-state index contributed by atoms with van der Waals surface area (Å²) in [7, 11) is 1.88. The maximum Gasteiger partial charge on any atom is 0.211 e. The third-order valence-corrected chi connectivity index (χ3v) is 6.09. The number of fused-ring (bicyclic) bond motifs is 1. The molecule has 0 aliphatic carbocycles. The molecule has 2 aliphatic rings. The first-order chi connectivity index (χ1) is 15.4. The highest BCUT2D eigenvalue weighted by Gasteiger charge is 2.32. The predicted molar refractivity (Wildman–Crippen MR) is 130 cm³/mol.